The number of rotatable bonds is 11. The number of hydrogen-bond acceptors (Lipinski definition) is 0. The van der Waals surface area contributed by atoms with Crippen molar-refractivity contribution < 1.29 is 0 Å². The largest absolute Gasteiger partial charge is 0.135 e. The lowest BCUT2D eigenvalue weighted by Crippen LogP contribution is -1.91. The molecule has 0 radical (unpaired) electrons. The summed E-state index contributed by atoms with van der Waals surface area (Å²) in [4.78, 5) is 0. The first kappa shape index (κ1) is 17.6. The fourth-order valence-corrected chi connectivity index (χ4v) is 4.79. The van der Waals surface area contributed by atoms with Gasteiger partial charge in [0.15, 0.2) is 0 Å². The van der Waals surface area contributed by atoms with Gasteiger partial charge in [-0.3, -0.25) is 0 Å². The number of fused-ring (bicyclic) bond motifs is 1. The SMILES string of the molecule is CCCCCCCCCCCC(C)c1[pH]cc2ccccc12. The van der Waals surface area contributed by atoms with E-state index in [1.54, 1.807) is 5.30 Å². The van der Waals surface area contributed by atoms with Crippen LogP contribution in [0.4, 0.5) is 0 Å². The summed E-state index contributed by atoms with van der Waals surface area (Å²) in [6, 6.07) is 8.93. The van der Waals surface area contributed by atoms with Crippen LogP contribution in [0.25, 0.3) is 10.8 Å². The minimum Gasteiger partial charge on any atom is -0.135 e. The molecule has 0 aliphatic carbocycles. The first-order chi connectivity index (χ1) is 10.8. The summed E-state index contributed by atoms with van der Waals surface area (Å²) < 4.78 is 0. The summed E-state index contributed by atoms with van der Waals surface area (Å²) in [6.45, 7) is 4.73. The van der Waals surface area contributed by atoms with Gasteiger partial charge in [0.1, 0.15) is 0 Å². The Morgan fingerprint density at radius 2 is 1.50 bits per heavy atom. The highest BCUT2D eigenvalue weighted by molar-refractivity contribution is 7.31. The standard InChI is InChI=1S/C21H33P/c1-3-4-5-6-7-8-9-10-11-14-18(2)21-20-16-13-12-15-19(20)17-22-21/h12-13,15-18,22H,3-11,14H2,1-2H3. The highest BCUT2D eigenvalue weighted by Crippen LogP contribution is 2.37. The molecule has 0 aliphatic rings. The Kier molecular flexibility index (Phi) is 8.10. The van der Waals surface area contributed by atoms with Crippen molar-refractivity contribution >= 4 is 19.0 Å². The van der Waals surface area contributed by atoms with Gasteiger partial charge in [0, 0.05) is 0 Å². The highest BCUT2D eigenvalue weighted by Gasteiger charge is 2.10. The normalized spacial score (nSPS) is 13.2. The van der Waals surface area contributed by atoms with E-state index in [4.69, 9.17) is 0 Å². The molecule has 0 amide bonds. The van der Waals surface area contributed by atoms with Crippen LogP contribution in [0.2, 0.25) is 0 Å². The summed E-state index contributed by atoms with van der Waals surface area (Å²) in [6.07, 6.45) is 14.3. The molecule has 0 saturated heterocycles. The molecule has 0 saturated carbocycles. The number of benzene rings is 1. The molecule has 0 bridgehead atoms. The van der Waals surface area contributed by atoms with Gasteiger partial charge in [-0.1, -0.05) is 95.9 Å². The predicted octanol–water partition coefficient (Wildman–Crippen LogP) is 7.90. The van der Waals surface area contributed by atoms with Crippen molar-refractivity contribution in [3.63, 3.8) is 0 Å². The average Bonchev–Trinajstić information content (AvgIpc) is 2.97. The van der Waals surface area contributed by atoms with E-state index in [1.807, 2.05) is 0 Å². The van der Waals surface area contributed by atoms with Crippen molar-refractivity contribution in [1.29, 1.82) is 0 Å². The molecule has 1 aromatic heterocycles. The maximum Gasteiger partial charge on any atom is -0.0109 e. The molecule has 0 nitrogen and oxygen atoms in total. The van der Waals surface area contributed by atoms with E-state index in [9.17, 15) is 0 Å². The Morgan fingerprint density at radius 3 is 2.23 bits per heavy atom. The summed E-state index contributed by atoms with van der Waals surface area (Å²) in [5.74, 6) is 3.19. The molecule has 0 fully saturated rings. The van der Waals surface area contributed by atoms with Gasteiger partial charge in [-0.15, -0.1) is 8.19 Å². The smallest absolute Gasteiger partial charge is 0.0109 e. The molecule has 1 aromatic carbocycles. The lowest BCUT2D eigenvalue weighted by atomic mass is 9.98. The molecule has 2 unspecified atom stereocenters. The molecule has 22 heavy (non-hydrogen) atoms. The van der Waals surface area contributed by atoms with Crippen molar-refractivity contribution in [2.75, 3.05) is 0 Å². The second kappa shape index (κ2) is 10.1. The van der Waals surface area contributed by atoms with Crippen molar-refractivity contribution in [2.24, 2.45) is 0 Å². The van der Waals surface area contributed by atoms with E-state index in [0.717, 1.165) is 14.1 Å². The minimum absolute atomic E-state index is 0.766. The van der Waals surface area contributed by atoms with Crippen molar-refractivity contribution in [3.8, 4) is 0 Å². The monoisotopic (exact) mass is 316 g/mol. The zero-order valence-electron chi connectivity index (χ0n) is 14.5. The Hall–Kier alpha value is -0.740. The summed E-state index contributed by atoms with van der Waals surface area (Å²) in [5.41, 5.74) is 0. The van der Waals surface area contributed by atoms with E-state index in [-0.39, 0.29) is 0 Å². The topological polar surface area (TPSA) is 0 Å². The second-order valence-electron chi connectivity index (χ2n) is 6.81. The van der Waals surface area contributed by atoms with Crippen LogP contribution < -0.4 is 0 Å². The molecule has 122 valence electrons. The predicted molar refractivity (Wildman–Crippen MR) is 104 cm³/mol. The lowest BCUT2D eigenvalue weighted by molar-refractivity contribution is 0.541. The van der Waals surface area contributed by atoms with Crippen molar-refractivity contribution in [2.45, 2.75) is 84.0 Å². The fourth-order valence-electron chi connectivity index (χ4n) is 3.41. The van der Waals surface area contributed by atoms with Crippen LogP contribution in [-0.2, 0) is 0 Å². The van der Waals surface area contributed by atoms with Gasteiger partial charge in [0.05, 0.1) is 0 Å². The first-order valence-electron chi connectivity index (χ1n) is 9.39. The van der Waals surface area contributed by atoms with Crippen LogP contribution in [0, 0.1) is 0 Å². The maximum atomic E-state index is 2.43. The average molecular weight is 316 g/mol. The molecular weight excluding hydrogens is 283 g/mol. The van der Waals surface area contributed by atoms with E-state index in [0.29, 0.717) is 0 Å². The lowest BCUT2D eigenvalue weighted by Gasteiger charge is -2.11. The maximum absolute atomic E-state index is 2.43. The molecule has 2 aromatic rings. The Balaban J connectivity index is 1.61. The fraction of sp³-hybridized carbons (Fsp3) is 0.619. The molecule has 2 atom stereocenters. The van der Waals surface area contributed by atoms with Gasteiger partial charge in [-0.2, -0.15) is 0 Å². The van der Waals surface area contributed by atoms with E-state index in [2.05, 4.69) is 43.9 Å². The Morgan fingerprint density at radius 1 is 0.864 bits per heavy atom. The van der Waals surface area contributed by atoms with Crippen LogP contribution in [0.15, 0.2) is 30.1 Å². The van der Waals surface area contributed by atoms with Gasteiger partial charge in [-0.05, 0) is 34.2 Å². The summed E-state index contributed by atoms with van der Waals surface area (Å²) in [5, 5.41) is 4.70. The van der Waals surface area contributed by atoms with Gasteiger partial charge in [0.2, 0.25) is 0 Å². The zero-order valence-corrected chi connectivity index (χ0v) is 15.5. The van der Waals surface area contributed by atoms with Crippen LogP contribution in [0.5, 0.6) is 0 Å². The quantitative estimate of drug-likeness (QED) is 0.370. The van der Waals surface area contributed by atoms with Crippen LogP contribution in [0.1, 0.15) is 89.3 Å². The van der Waals surface area contributed by atoms with Crippen molar-refractivity contribution in [1.82, 2.24) is 0 Å². The van der Waals surface area contributed by atoms with Crippen LogP contribution in [0.3, 0.4) is 0 Å². The molecular formula is C21H33P. The molecule has 0 spiro atoms. The molecule has 0 N–H and O–H groups in total. The third-order valence-electron chi connectivity index (χ3n) is 4.87. The van der Waals surface area contributed by atoms with E-state index >= 15 is 0 Å². The van der Waals surface area contributed by atoms with Gasteiger partial charge in [-0.25, -0.2) is 0 Å². The number of unbranched alkanes of at least 4 members (excludes halogenated alkanes) is 8. The van der Waals surface area contributed by atoms with Gasteiger partial charge in [0.25, 0.3) is 0 Å². The summed E-state index contributed by atoms with van der Waals surface area (Å²) in [7, 11) is 0.921. The Labute approximate surface area is 138 Å². The van der Waals surface area contributed by atoms with E-state index in [1.165, 1.54) is 75.0 Å². The third-order valence-corrected chi connectivity index (χ3v) is 6.40. The summed E-state index contributed by atoms with van der Waals surface area (Å²) >= 11 is 0. The van der Waals surface area contributed by atoms with Crippen LogP contribution >= 0.6 is 8.19 Å². The molecule has 1 heterocycles. The molecule has 1 heteroatoms. The number of hydrogen-bond donors (Lipinski definition) is 0. The third kappa shape index (κ3) is 5.47. The zero-order chi connectivity index (χ0) is 15.6. The van der Waals surface area contributed by atoms with Crippen LogP contribution in [-0.4, -0.2) is 0 Å². The molecule has 0 aliphatic heterocycles. The first-order valence-corrected chi connectivity index (χ1v) is 10.5. The van der Waals surface area contributed by atoms with Crippen molar-refractivity contribution in [3.05, 3.63) is 35.4 Å². The second-order valence-corrected chi connectivity index (χ2v) is 7.92. The van der Waals surface area contributed by atoms with Gasteiger partial charge >= 0.3 is 0 Å². The highest BCUT2D eigenvalue weighted by atomic mass is 31.0. The molecule has 2 rings (SSSR count). The van der Waals surface area contributed by atoms with Gasteiger partial charge < -0.3 is 0 Å². The minimum atomic E-state index is 0.766. The van der Waals surface area contributed by atoms with E-state index < -0.39 is 0 Å². The Bertz CT molecular complexity index is 525.